The van der Waals surface area contributed by atoms with E-state index in [4.69, 9.17) is 21.1 Å². The van der Waals surface area contributed by atoms with Gasteiger partial charge in [0.05, 0.1) is 23.3 Å². The Kier molecular flexibility index (Phi) is 9.29. The molecule has 0 saturated carbocycles. The van der Waals surface area contributed by atoms with E-state index in [0.29, 0.717) is 23.0 Å². The molecular formula is C28H33ClN2O5. The molecule has 0 aliphatic carbocycles. The van der Waals surface area contributed by atoms with Gasteiger partial charge in [-0.05, 0) is 56.0 Å². The summed E-state index contributed by atoms with van der Waals surface area (Å²) in [5.74, 6) is -0.136. The van der Waals surface area contributed by atoms with Crippen molar-refractivity contribution in [3.05, 3.63) is 76.3 Å². The minimum atomic E-state index is -0.667. The van der Waals surface area contributed by atoms with E-state index in [-0.39, 0.29) is 6.61 Å². The summed E-state index contributed by atoms with van der Waals surface area (Å²) in [6, 6.07) is 15.1. The number of esters is 2. The molecule has 0 saturated heterocycles. The van der Waals surface area contributed by atoms with Gasteiger partial charge in [-0.15, -0.1) is 0 Å². The number of hydrogen-bond acceptors (Lipinski definition) is 6. The number of aromatic nitrogens is 2. The molecule has 0 bridgehead atoms. The van der Waals surface area contributed by atoms with Crippen LogP contribution in [-0.4, -0.2) is 33.4 Å². The van der Waals surface area contributed by atoms with Crippen LogP contribution in [0.25, 0.3) is 11.1 Å². The van der Waals surface area contributed by atoms with Crippen molar-refractivity contribution in [3.63, 3.8) is 0 Å². The summed E-state index contributed by atoms with van der Waals surface area (Å²) in [6.45, 7) is 7.26. The number of ether oxygens (including phenoxy) is 2. The van der Waals surface area contributed by atoms with Crippen LogP contribution in [0.5, 0.6) is 0 Å². The first kappa shape index (κ1) is 27.4. The monoisotopic (exact) mass is 512 g/mol. The van der Waals surface area contributed by atoms with E-state index < -0.39 is 24.1 Å². The molecule has 1 heterocycles. The van der Waals surface area contributed by atoms with Gasteiger partial charge in [-0.2, -0.15) is 0 Å². The number of nitrogens with zero attached hydrogens (tertiary/aromatic N) is 2. The van der Waals surface area contributed by atoms with Gasteiger partial charge in [0, 0.05) is 13.0 Å². The van der Waals surface area contributed by atoms with Crippen LogP contribution in [0.2, 0.25) is 5.15 Å². The number of benzene rings is 2. The number of carbonyl (C=O) groups excluding carboxylic acids is 2. The molecule has 8 heteroatoms. The number of rotatable bonds is 10. The molecule has 0 unspecified atom stereocenters. The van der Waals surface area contributed by atoms with Gasteiger partial charge in [0.15, 0.2) is 5.15 Å². The van der Waals surface area contributed by atoms with Gasteiger partial charge in [-0.3, -0.25) is 4.79 Å². The predicted molar refractivity (Wildman–Crippen MR) is 139 cm³/mol. The number of aliphatic hydroxyl groups excluding tert-OH is 1. The molecule has 1 aromatic heterocycles. The van der Waals surface area contributed by atoms with Crippen LogP contribution in [-0.2, 0) is 33.8 Å². The SMILES string of the molecule is CCCCc1nc(Cl)c(CO)n1Cc1ccc(-c2cccc(C(=O)OCOC(=O)C(C)(C)C)c2)cc1. The van der Waals surface area contributed by atoms with Crippen LogP contribution in [0.3, 0.4) is 0 Å². The van der Waals surface area contributed by atoms with Gasteiger partial charge in [-0.25, -0.2) is 9.78 Å². The number of aryl methyl sites for hydroxylation is 1. The molecule has 36 heavy (non-hydrogen) atoms. The highest BCUT2D eigenvalue weighted by atomic mass is 35.5. The first-order valence-corrected chi connectivity index (χ1v) is 12.4. The summed E-state index contributed by atoms with van der Waals surface area (Å²) in [4.78, 5) is 28.7. The van der Waals surface area contributed by atoms with Crippen LogP contribution in [0.15, 0.2) is 48.5 Å². The second kappa shape index (κ2) is 12.2. The van der Waals surface area contributed by atoms with Gasteiger partial charge in [-0.1, -0.05) is 61.3 Å². The lowest BCUT2D eigenvalue weighted by Crippen LogP contribution is -2.24. The van der Waals surface area contributed by atoms with E-state index in [1.165, 1.54) is 0 Å². The standard InChI is InChI=1S/C28H33ClN2O5/c1-5-6-10-24-30-25(29)23(17-32)31(24)16-19-11-13-20(14-12-19)21-8-7-9-22(15-21)26(33)35-18-36-27(34)28(2,3)4/h7-9,11-15,32H,5-6,10,16-18H2,1-4H3. The lowest BCUT2D eigenvalue weighted by molar-refractivity contribution is -0.161. The quantitative estimate of drug-likeness (QED) is 0.273. The van der Waals surface area contributed by atoms with E-state index in [9.17, 15) is 14.7 Å². The zero-order valence-electron chi connectivity index (χ0n) is 21.2. The van der Waals surface area contributed by atoms with Gasteiger partial charge in [0.1, 0.15) is 5.82 Å². The summed E-state index contributed by atoms with van der Waals surface area (Å²) >= 11 is 6.25. The van der Waals surface area contributed by atoms with Crippen molar-refractivity contribution in [3.8, 4) is 11.1 Å². The summed E-state index contributed by atoms with van der Waals surface area (Å²) in [5.41, 5.74) is 3.14. The van der Waals surface area contributed by atoms with Crippen LogP contribution in [0.4, 0.5) is 0 Å². The molecule has 1 N–H and O–H groups in total. The zero-order valence-corrected chi connectivity index (χ0v) is 22.0. The molecule has 3 rings (SSSR count). The third-order valence-corrected chi connectivity index (χ3v) is 6.03. The number of carbonyl (C=O) groups is 2. The Labute approximate surface area is 217 Å². The van der Waals surface area contributed by atoms with Gasteiger partial charge in [0.25, 0.3) is 0 Å². The highest BCUT2D eigenvalue weighted by Crippen LogP contribution is 2.24. The van der Waals surface area contributed by atoms with Crippen molar-refractivity contribution in [1.82, 2.24) is 9.55 Å². The Balaban J connectivity index is 1.70. The number of halogens is 1. The molecule has 0 spiro atoms. The highest BCUT2D eigenvalue weighted by molar-refractivity contribution is 6.30. The predicted octanol–water partition coefficient (Wildman–Crippen LogP) is 5.79. The maximum absolute atomic E-state index is 12.4. The van der Waals surface area contributed by atoms with Gasteiger partial charge >= 0.3 is 11.9 Å². The second-order valence-corrected chi connectivity index (χ2v) is 9.98. The summed E-state index contributed by atoms with van der Waals surface area (Å²) in [7, 11) is 0. The average Bonchev–Trinajstić information content (AvgIpc) is 3.16. The molecular weight excluding hydrogens is 480 g/mol. The molecule has 0 atom stereocenters. The van der Waals surface area contributed by atoms with E-state index in [0.717, 1.165) is 41.8 Å². The Bertz CT molecular complexity index is 1200. The number of imidazole rings is 1. The van der Waals surface area contributed by atoms with Crippen molar-refractivity contribution < 1.29 is 24.2 Å². The second-order valence-electron chi connectivity index (χ2n) is 9.62. The van der Waals surface area contributed by atoms with E-state index >= 15 is 0 Å². The van der Waals surface area contributed by atoms with Crippen LogP contribution in [0.1, 0.15) is 68.0 Å². The Morgan fingerprint density at radius 3 is 2.42 bits per heavy atom. The smallest absolute Gasteiger partial charge is 0.341 e. The van der Waals surface area contributed by atoms with E-state index in [1.807, 2.05) is 34.9 Å². The van der Waals surface area contributed by atoms with Crippen LogP contribution in [0, 0.1) is 5.41 Å². The molecule has 2 aromatic carbocycles. The largest absolute Gasteiger partial charge is 0.427 e. The third-order valence-electron chi connectivity index (χ3n) is 5.73. The summed E-state index contributed by atoms with van der Waals surface area (Å²) in [5, 5.41) is 10.1. The zero-order chi connectivity index (χ0) is 26.3. The normalized spacial score (nSPS) is 11.4. The fraction of sp³-hybridized carbons (Fsp3) is 0.393. The number of hydrogen-bond donors (Lipinski definition) is 1. The molecule has 7 nitrogen and oxygen atoms in total. The first-order valence-electron chi connectivity index (χ1n) is 12.0. The molecule has 0 aliphatic rings. The fourth-order valence-electron chi connectivity index (χ4n) is 3.62. The van der Waals surface area contributed by atoms with E-state index in [2.05, 4.69) is 11.9 Å². The molecule has 192 valence electrons. The fourth-order valence-corrected chi connectivity index (χ4v) is 3.87. The van der Waals surface area contributed by atoms with Gasteiger partial charge in [0.2, 0.25) is 6.79 Å². The maximum Gasteiger partial charge on any atom is 0.341 e. The molecule has 3 aromatic rings. The number of unbranched alkanes of at least 4 members (excludes halogenated alkanes) is 1. The Hall–Kier alpha value is -3.16. The Morgan fingerprint density at radius 2 is 1.78 bits per heavy atom. The summed E-state index contributed by atoms with van der Waals surface area (Å²) < 4.78 is 12.1. The average molecular weight is 513 g/mol. The van der Waals surface area contributed by atoms with E-state index in [1.54, 1.807) is 39.0 Å². The molecule has 0 amide bonds. The summed E-state index contributed by atoms with van der Waals surface area (Å²) in [6.07, 6.45) is 2.84. The topological polar surface area (TPSA) is 90.7 Å². The third kappa shape index (κ3) is 6.95. The van der Waals surface area contributed by atoms with Crippen molar-refractivity contribution in [2.75, 3.05) is 6.79 Å². The lowest BCUT2D eigenvalue weighted by Gasteiger charge is -2.16. The minimum absolute atomic E-state index is 0.172. The molecule has 0 fully saturated rings. The highest BCUT2D eigenvalue weighted by Gasteiger charge is 2.23. The van der Waals surface area contributed by atoms with Crippen molar-refractivity contribution >= 4 is 23.5 Å². The maximum atomic E-state index is 12.4. The van der Waals surface area contributed by atoms with Gasteiger partial charge < -0.3 is 19.1 Å². The molecule has 0 aliphatic heterocycles. The Morgan fingerprint density at radius 1 is 1.06 bits per heavy atom. The minimum Gasteiger partial charge on any atom is -0.427 e. The van der Waals surface area contributed by atoms with Crippen molar-refractivity contribution in [2.24, 2.45) is 5.41 Å². The van der Waals surface area contributed by atoms with Crippen LogP contribution < -0.4 is 0 Å². The van der Waals surface area contributed by atoms with Crippen molar-refractivity contribution in [2.45, 2.75) is 60.1 Å². The molecule has 0 radical (unpaired) electrons. The first-order chi connectivity index (χ1) is 17.1. The number of aliphatic hydroxyl groups is 1. The lowest BCUT2D eigenvalue weighted by atomic mass is 9.98. The van der Waals surface area contributed by atoms with Crippen LogP contribution >= 0.6 is 11.6 Å². The van der Waals surface area contributed by atoms with Crippen molar-refractivity contribution in [1.29, 1.82) is 0 Å².